The molecule has 0 radical (unpaired) electrons. The summed E-state index contributed by atoms with van der Waals surface area (Å²) in [6.07, 6.45) is 0.427. The first-order chi connectivity index (χ1) is 15.3. The molecule has 1 amide bonds. The van der Waals surface area contributed by atoms with Gasteiger partial charge in [0.2, 0.25) is 0 Å². The van der Waals surface area contributed by atoms with Crippen molar-refractivity contribution in [3.05, 3.63) is 76.9 Å². The number of carbonyl (C=O) groups excluding carboxylic acids is 1. The van der Waals surface area contributed by atoms with Gasteiger partial charge < -0.3 is 4.90 Å². The van der Waals surface area contributed by atoms with E-state index in [1.165, 1.54) is 4.68 Å². The summed E-state index contributed by atoms with van der Waals surface area (Å²) in [6, 6.07) is 10.6. The Morgan fingerprint density at radius 3 is 2.53 bits per heavy atom. The Morgan fingerprint density at radius 1 is 1.06 bits per heavy atom. The SMILES string of the molecule is C[C@H]1c2nn(C)c(-c3cc(F)c(F)c(F)c3)c2CCN1C(=O)c1cc2ccccc2nn1. The second kappa shape index (κ2) is 7.44. The van der Waals surface area contributed by atoms with E-state index in [1.54, 1.807) is 18.0 Å². The van der Waals surface area contributed by atoms with E-state index in [2.05, 4.69) is 15.3 Å². The molecule has 2 aromatic heterocycles. The van der Waals surface area contributed by atoms with Crippen LogP contribution in [0.4, 0.5) is 13.2 Å². The number of aromatic nitrogens is 4. The van der Waals surface area contributed by atoms with Crippen LogP contribution in [-0.4, -0.2) is 37.3 Å². The van der Waals surface area contributed by atoms with Gasteiger partial charge in [0.25, 0.3) is 5.91 Å². The van der Waals surface area contributed by atoms with Gasteiger partial charge in [0.15, 0.2) is 23.1 Å². The van der Waals surface area contributed by atoms with Crippen LogP contribution in [0, 0.1) is 17.5 Å². The van der Waals surface area contributed by atoms with Gasteiger partial charge in [0.1, 0.15) is 0 Å². The topological polar surface area (TPSA) is 63.9 Å². The van der Waals surface area contributed by atoms with Gasteiger partial charge in [-0.25, -0.2) is 13.2 Å². The van der Waals surface area contributed by atoms with Crippen molar-refractivity contribution < 1.29 is 18.0 Å². The normalized spacial score (nSPS) is 15.8. The molecule has 9 heteroatoms. The van der Waals surface area contributed by atoms with Crippen LogP contribution in [0.5, 0.6) is 0 Å². The van der Waals surface area contributed by atoms with Crippen molar-refractivity contribution in [3.63, 3.8) is 0 Å². The largest absolute Gasteiger partial charge is 0.329 e. The van der Waals surface area contributed by atoms with Crippen molar-refractivity contribution in [2.75, 3.05) is 6.54 Å². The average Bonchev–Trinajstić information content (AvgIpc) is 3.13. The van der Waals surface area contributed by atoms with Crippen molar-refractivity contribution in [2.45, 2.75) is 19.4 Å². The lowest BCUT2D eigenvalue weighted by Crippen LogP contribution is -2.39. The first kappa shape index (κ1) is 20.2. The molecule has 2 aromatic carbocycles. The van der Waals surface area contributed by atoms with Gasteiger partial charge in [0, 0.05) is 30.1 Å². The molecule has 0 aliphatic carbocycles. The highest BCUT2D eigenvalue weighted by atomic mass is 19.2. The molecule has 0 bridgehead atoms. The maximum atomic E-state index is 13.8. The van der Waals surface area contributed by atoms with E-state index in [9.17, 15) is 18.0 Å². The predicted molar refractivity (Wildman–Crippen MR) is 111 cm³/mol. The van der Waals surface area contributed by atoms with Gasteiger partial charge in [0.05, 0.1) is 22.9 Å². The molecule has 32 heavy (non-hydrogen) atoms. The molecule has 162 valence electrons. The van der Waals surface area contributed by atoms with Gasteiger partial charge in [-0.3, -0.25) is 9.48 Å². The third kappa shape index (κ3) is 3.12. The maximum Gasteiger partial charge on any atom is 0.274 e. The van der Waals surface area contributed by atoms with E-state index in [-0.39, 0.29) is 17.2 Å². The van der Waals surface area contributed by atoms with E-state index < -0.39 is 23.5 Å². The summed E-state index contributed by atoms with van der Waals surface area (Å²) in [7, 11) is 1.65. The number of halogens is 3. The molecule has 0 unspecified atom stereocenters. The Kier molecular flexibility index (Phi) is 4.69. The molecule has 5 rings (SSSR count). The number of aryl methyl sites for hydroxylation is 1. The fourth-order valence-corrected chi connectivity index (χ4v) is 4.31. The zero-order chi connectivity index (χ0) is 22.6. The van der Waals surface area contributed by atoms with Crippen LogP contribution in [-0.2, 0) is 13.5 Å². The minimum absolute atomic E-state index is 0.199. The minimum atomic E-state index is -1.51. The van der Waals surface area contributed by atoms with Crippen LogP contribution in [0.25, 0.3) is 22.2 Å². The predicted octanol–water partition coefficient (Wildman–Crippen LogP) is 4.21. The molecule has 0 fully saturated rings. The van der Waals surface area contributed by atoms with Crippen molar-refractivity contribution in [1.82, 2.24) is 24.9 Å². The standard InChI is InChI=1S/C23H18F3N5O/c1-12-21-15(22(30(2)29-21)14-9-16(24)20(26)17(25)10-14)7-8-31(12)23(32)19-11-13-5-3-4-6-18(13)27-28-19/h3-6,9-12H,7-8H2,1-2H3/t12-/m0/s1. The summed E-state index contributed by atoms with van der Waals surface area (Å²) in [5.74, 6) is -4.30. The van der Waals surface area contributed by atoms with Gasteiger partial charge in [-0.1, -0.05) is 18.2 Å². The van der Waals surface area contributed by atoms with E-state index in [0.717, 1.165) is 23.1 Å². The number of rotatable bonds is 2. The quantitative estimate of drug-likeness (QED) is 0.441. The fourth-order valence-electron chi connectivity index (χ4n) is 4.31. The van der Waals surface area contributed by atoms with Gasteiger partial charge in [-0.2, -0.15) is 5.10 Å². The first-order valence-electron chi connectivity index (χ1n) is 10.1. The second-order valence-electron chi connectivity index (χ2n) is 7.80. The van der Waals surface area contributed by atoms with Crippen molar-refractivity contribution in [1.29, 1.82) is 0 Å². The molecule has 4 aromatic rings. The summed E-state index contributed by atoms with van der Waals surface area (Å²) in [6.45, 7) is 2.21. The summed E-state index contributed by atoms with van der Waals surface area (Å²) in [4.78, 5) is 14.9. The number of benzene rings is 2. The molecule has 0 N–H and O–H groups in total. The number of hydrogen-bond donors (Lipinski definition) is 0. The highest BCUT2D eigenvalue weighted by molar-refractivity contribution is 5.95. The summed E-state index contributed by atoms with van der Waals surface area (Å²) >= 11 is 0. The van der Waals surface area contributed by atoms with Crippen molar-refractivity contribution in [2.24, 2.45) is 7.05 Å². The molecule has 1 atom stereocenters. The zero-order valence-electron chi connectivity index (χ0n) is 17.3. The average molecular weight is 437 g/mol. The molecular formula is C23H18F3N5O. The minimum Gasteiger partial charge on any atom is -0.329 e. The number of fused-ring (bicyclic) bond motifs is 2. The van der Waals surface area contributed by atoms with E-state index in [1.807, 2.05) is 31.2 Å². The summed E-state index contributed by atoms with van der Waals surface area (Å²) < 4.78 is 42.6. The Labute approximate surface area is 181 Å². The molecular weight excluding hydrogens is 419 g/mol. The summed E-state index contributed by atoms with van der Waals surface area (Å²) in [5, 5.41) is 13.5. The first-order valence-corrected chi connectivity index (χ1v) is 10.1. The van der Waals surface area contributed by atoms with E-state index in [4.69, 9.17) is 0 Å². The molecule has 1 aliphatic rings. The molecule has 0 spiro atoms. The number of carbonyl (C=O) groups is 1. The molecule has 0 saturated heterocycles. The smallest absolute Gasteiger partial charge is 0.274 e. The number of amides is 1. The monoisotopic (exact) mass is 437 g/mol. The molecule has 6 nitrogen and oxygen atoms in total. The Balaban J connectivity index is 1.51. The number of nitrogens with zero attached hydrogens (tertiary/aromatic N) is 5. The highest BCUT2D eigenvalue weighted by Crippen LogP contribution is 2.36. The van der Waals surface area contributed by atoms with Crippen LogP contribution in [0.2, 0.25) is 0 Å². The van der Waals surface area contributed by atoms with Crippen molar-refractivity contribution in [3.8, 4) is 11.3 Å². The lowest BCUT2D eigenvalue weighted by Gasteiger charge is -2.32. The van der Waals surface area contributed by atoms with Crippen LogP contribution >= 0.6 is 0 Å². The van der Waals surface area contributed by atoms with E-state index >= 15 is 0 Å². The van der Waals surface area contributed by atoms with Gasteiger partial charge >= 0.3 is 0 Å². The lowest BCUT2D eigenvalue weighted by atomic mass is 9.95. The fraction of sp³-hybridized carbons (Fsp3) is 0.217. The third-order valence-corrected chi connectivity index (χ3v) is 5.87. The van der Waals surface area contributed by atoms with Crippen LogP contribution in [0.15, 0.2) is 42.5 Å². The van der Waals surface area contributed by atoms with Crippen LogP contribution < -0.4 is 0 Å². The summed E-state index contributed by atoms with van der Waals surface area (Å²) in [5.41, 5.74) is 3.04. The van der Waals surface area contributed by atoms with Crippen molar-refractivity contribution >= 4 is 16.8 Å². The Hall–Kier alpha value is -3.75. The molecule has 3 heterocycles. The van der Waals surface area contributed by atoms with Crippen LogP contribution in [0.3, 0.4) is 0 Å². The second-order valence-corrected chi connectivity index (χ2v) is 7.80. The van der Waals surface area contributed by atoms with Crippen LogP contribution in [0.1, 0.15) is 34.7 Å². The highest BCUT2D eigenvalue weighted by Gasteiger charge is 2.34. The van der Waals surface area contributed by atoms with E-state index in [0.29, 0.717) is 29.9 Å². The third-order valence-electron chi connectivity index (χ3n) is 5.87. The maximum absolute atomic E-state index is 13.8. The van der Waals surface area contributed by atoms with Gasteiger partial charge in [-0.05, 0) is 37.6 Å². The zero-order valence-corrected chi connectivity index (χ0v) is 17.3. The molecule has 0 saturated carbocycles. The Morgan fingerprint density at radius 2 is 1.78 bits per heavy atom. The Bertz CT molecular complexity index is 1360. The lowest BCUT2D eigenvalue weighted by molar-refractivity contribution is 0.0666. The number of hydrogen-bond acceptors (Lipinski definition) is 4. The van der Waals surface area contributed by atoms with Gasteiger partial charge in [-0.15, -0.1) is 10.2 Å². The molecule has 1 aliphatic heterocycles.